The van der Waals surface area contributed by atoms with E-state index in [1.165, 1.54) is 0 Å². The molecule has 0 unspecified atom stereocenters. The number of nitrogens with zero attached hydrogens (tertiary/aromatic N) is 2. The number of hydrogen-bond acceptors (Lipinski definition) is 5. The molecule has 126 valence electrons. The second-order valence-corrected chi connectivity index (χ2v) is 5.60. The Hall–Kier alpha value is -2.40. The first kappa shape index (κ1) is 16.5. The van der Waals surface area contributed by atoms with Gasteiger partial charge in [0, 0.05) is 30.8 Å². The molecule has 0 spiro atoms. The van der Waals surface area contributed by atoms with Crippen molar-refractivity contribution in [1.29, 1.82) is 0 Å². The zero-order valence-electron chi connectivity index (χ0n) is 13.9. The predicted molar refractivity (Wildman–Crippen MR) is 93.6 cm³/mol. The minimum atomic E-state index is 0.334. The van der Waals surface area contributed by atoms with E-state index in [1.54, 1.807) is 0 Å². The molecule has 5 nitrogen and oxygen atoms in total. The monoisotopic (exact) mass is 326 g/mol. The Labute approximate surface area is 142 Å². The number of carbonyl (C=O) groups excluding carboxylic acids is 1. The third-order valence-corrected chi connectivity index (χ3v) is 4.01. The Kier molecular flexibility index (Phi) is 5.43. The van der Waals surface area contributed by atoms with E-state index in [-0.39, 0.29) is 0 Å². The van der Waals surface area contributed by atoms with Gasteiger partial charge in [0.1, 0.15) is 17.9 Å². The number of morpholine rings is 1. The molecular weight excluding hydrogens is 304 g/mol. The molecule has 1 aliphatic rings. The lowest BCUT2D eigenvalue weighted by atomic mass is 10.0. The fourth-order valence-electron chi connectivity index (χ4n) is 2.83. The molecule has 24 heavy (non-hydrogen) atoms. The molecule has 3 rings (SSSR count). The van der Waals surface area contributed by atoms with E-state index >= 15 is 0 Å². The van der Waals surface area contributed by atoms with Crippen molar-refractivity contribution < 1.29 is 14.3 Å². The first-order valence-electron chi connectivity index (χ1n) is 8.31. The Balaban J connectivity index is 1.96. The lowest BCUT2D eigenvalue weighted by molar-refractivity contribution is -0.107. The van der Waals surface area contributed by atoms with E-state index in [1.807, 2.05) is 43.3 Å². The van der Waals surface area contributed by atoms with Crippen molar-refractivity contribution in [2.24, 2.45) is 0 Å². The topological polar surface area (TPSA) is 51.7 Å². The summed E-state index contributed by atoms with van der Waals surface area (Å²) in [5, 5.41) is 0. The van der Waals surface area contributed by atoms with Crippen LogP contribution in [0.2, 0.25) is 0 Å². The maximum Gasteiger partial charge on any atom is 0.136 e. The van der Waals surface area contributed by atoms with Crippen molar-refractivity contribution in [3.8, 4) is 16.9 Å². The minimum Gasteiger partial charge on any atom is -0.494 e. The summed E-state index contributed by atoms with van der Waals surface area (Å²) in [6.45, 7) is 5.63. The number of carbonyl (C=O) groups is 1. The second kappa shape index (κ2) is 7.93. The molecule has 1 aromatic carbocycles. The van der Waals surface area contributed by atoms with Crippen molar-refractivity contribution in [3.63, 3.8) is 0 Å². The molecule has 2 aromatic rings. The van der Waals surface area contributed by atoms with Gasteiger partial charge >= 0.3 is 0 Å². The normalized spacial score (nSPS) is 14.5. The summed E-state index contributed by atoms with van der Waals surface area (Å²) >= 11 is 0. The number of aldehydes is 1. The van der Waals surface area contributed by atoms with Crippen LogP contribution in [0.3, 0.4) is 0 Å². The summed E-state index contributed by atoms with van der Waals surface area (Å²) in [6, 6.07) is 12.0. The molecule has 0 atom stereocenters. The molecule has 1 aliphatic heterocycles. The summed E-state index contributed by atoms with van der Waals surface area (Å²) in [7, 11) is 0. The highest BCUT2D eigenvalue weighted by Gasteiger charge is 2.18. The largest absolute Gasteiger partial charge is 0.494 e. The fourth-order valence-corrected chi connectivity index (χ4v) is 2.83. The molecule has 1 saturated heterocycles. The lowest BCUT2D eigenvalue weighted by Crippen LogP contribution is -2.37. The van der Waals surface area contributed by atoms with Crippen molar-refractivity contribution >= 4 is 12.1 Å². The van der Waals surface area contributed by atoms with Gasteiger partial charge in [-0.1, -0.05) is 12.1 Å². The van der Waals surface area contributed by atoms with Gasteiger partial charge < -0.3 is 19.2 Å². The number of rotatable bonds is 6. The highest BCUT2D eigenvalue weighted by Crippen LogP contribution is 2.31. The standard InChI is InChI=1S/C19H22N2O3/c1-2-24-17-6-3-15(4-7-17)18-8-5-16(9-12-22)20-19(18)21-10-13-23-14-11-21/h3-8,12H,2,9-11,13-14H2,1H3. The number of ether oxygens (including phenoxy) is 2. The van der Waals surface area contributed by atoms with E-state index in [0.29, 0.717) is 26.2 Å². The van der Waals surface area contributed by atoms with Crippen LogP contribution in [0, 0.1) is 0 Å². The highest BCUT2D eigenvalue weighted by atomic mass is 16.5. The van der Waals surface area contributed by atoms with Crippen molar-refractivity contribution in [2.45, 2.75) is 13.3 Å². The summed E-state index contributed by atoms with van der Waals surface area (Å²) < 4.78 is 11.0. The van der Waals surface area contributed by atoms with E-state index in [2.05, 4.69) is 4.90 Å². The van der Waals surface area contributed by atoms with Crippen LogP contribution in [0.4, 0.5) is 5.82 Å². The Bertz CT molecular complexity index is 680. The van der Waals surface area contributed by atoms with Crippen LogP contribution < -0.4 is 9.64 Å². The van der Waals surface area contributed by atoms with Crippen LogP contribution in [-0.2, 0) is 16.0 Å². The molecule has 0 bridgehead atoms. The quantitative estimate of drug-likeness (QED) is 0.764. The fraction of sp³-hybridized carbons (Fsp3) is 0.368. The number of benzene rings is 1. The molecule has 1 fully saturated rings. The van der Waals surface area contributed by atoms with Gasteiger partial charge in [0.2, 0.25) is 0 Å². The summed E-state index contributed by atoms with van der Waals surface area (Å²) in [5.74, 6) is 1.78. The van der Waals surface area contributed by atoms with Gasteiger partial charge in [-0.2, -0.15) is 0 Å². The van der Waals surface area contributed by atoms with Crippen molar-refractivity contribution in [3.05, 3.63) is 42.1 Å². The second-order valence-electron chi connectivity index (χ2n) is 5.60. The predicted octanol–water partition coefficient (Wildman–Crippen LogP) is 2.73. The number of aromatic nitrogens is 1. The molecular formula is C19H22N2O3. The number of anilines is 1. The summed E-state index contributed by atoms with van der Waals surface area (Å²) in [4.78, 5) is 17.8. The summed E-state index contributed by atoms with van der Waals surface area (Å²) in [6.07, 6.45) is 1.23. The van der Waals surface area contributed by atoms with E-state index in [0.717, 1.165) is 47.8 Å². The first-order valence-corrected chi connectivity index (χ1v) is 8.31. The molecule has 0 aliphatic carbocycles. The van der Waals surface area contributed by atoms with Gasteiger partial charge in [0.25, 0.3) is 0 Å². The van der Waals surface area contributed by atoms with Gasteiger partial charge in [-0.05, 0) is 36.8 Å². The molecule has 0 N–H and O–H groups in total. The molecule has 0 amide bonds. The minimum absolute atomic E-state index is 0.334. The number of pyridine rings is 1. The molecule has 0 saturated carbocycles. The first-order chi connectivity index (χ1) is 11.8. The van der Waals surface area contributed by atoms with Crippen LogP contribution in [0.1, 0.15) is 12.6 Å². The van der Waals surface area contributed by atoms with Crippen LogP contribution in [-0.4, -0.2) is 44.2 Å². The Morgan fingerprint density at radius 3 is 2.58 bits per heavy atom. The Morgan fingerprint density at radius 1 is 1.17 bits per heavy atom. The third kappa shape index (κ3) is 3.74. The zero-order chi connectivity index (χ0) is 16.8. The van der Waals surface area contributed by atoms with Gasteiger partial charge in [-0.25, -0.2) is 4.98 Å². The molecule has 0 radical (unpaired) electrons. The molecule has 5 heteroatoms. The molecule has 1 aromatic heterocycles. The van der Waals surface area contributed by atoms with Gasteiger partial charge in [0.15, 0.2) is 0 Å². The van der Waals surface area contributed by atoms with Crippen molar-refractivity contribution in [1.82, 2.24) is 4.98 Å². The maximum absolute atomic E-state index is 10.8. The Morgan fingerprint density at radius 2 is 1.92 bits per heavy atom. The number of hydrogen-bond donors (Lipinski definition) is 0. The van der Waals surface area contributed by atoms with Crippen LogP contribution in [0.5, 0.6) is 5.75 Å². The van der Waals surface area contributed by atoms with E-state index < -0.39 is 0 Å². The van der Waals surface area contributed by atoms with Crippen molar-refractivity contribution in [2.75, 3.05) is 37.8 Å². The third-order valence-electron chi connectivity index (χ3n) is 4.01. The van der Waals surface area contributed by atoms with Gasteiger partial charge in [0.05, 0.1) is 19.8 Å². The SMILES string of the molecule is CCOc1ccc(-c2ccc(CC=O)nc2N2CCOCC2)cc1. The summed E-state index contributed by atoms with van der Waals surface area (Å²) in [5.41, 5.74) is 2.95. The van der Waals surface area contributed by atoms with E-state index in [4.69, 9.17) is 14.5 Å². The average Bonchev–Trinajstić information content (AvgIpc) is 2.64. The molecule has 2 heterocycles. The lowest BCUT2D eigenvalue weighted by Gasteiger charge is -2.30. The van der Waals surface area contributed by atoms with E-state index in [9.17, 15) is 4.79 Å². The van der Waals surface area contributed by atoms with Crippen LogP contribution >= 0.6 is 0 Å². The average molecular weight is 326 g/mol. The van der Waals surface area contributed by atoms with Crippen LogP contribution in [0.15, 0.2) is 36.4 Å². The maximum atomic E-state index is 10.8. The van der Waals surface area contributed by atoms with Gasteiger partial charge in [-0.15, -0.1) is 0 Å². The van der Waals surface area contributed by atoms with Gasteiger partial charge in [-0.3, -0.25) is 0 Å². The smallest absolute Gasteiger partial charge is 0.136 e. The highest BCUT2D eigenvalue weighted by molar-refractivity contribution is 5.77. The zero-order valence-corrected chi connectivity index (χ0v) is 13.9. The van der Waals surface area contributed by atoms with Crippen LogP contribution in [0.25, 0.3) is 11.1 Å².